The number of aromatic amines is 1. The minimum Gasteiger partial charge on any atom is -0.375 e. The summed E-state index contributed by atoms with van der Waals surface area (Å²) >= 11 is 0. The highest BCUT2D eigenvalue weighted by Crippen LogP contribution is 2.24. The summed E-state index contributed by atoms with van der Waals surface area (Å²) in [5, 5.41) is 15.2. The number of anilines is 1. The molecule has 0 radical (unpaired) electrons. The average Bonchev–Trinajstić information content (AvgIpc) is 3.16. The minimum atomic E-state index is -0.489. The van der Waals surface area contributed by atoms with E-state index in [1.165, 1.54) is 12.4 Å². The largest absolute Gasteiger partial charge is 0.375 e. The van der Waals surface area contributed by atoms with Crippen molar-refractivity contribution in [1.82, 2.24) is 9.97 Å². The standard InChI is InChI=1S/C21H16N4O3/c26-21(19-11-14-5-2-4-8-17(14)24-19)16-7-3-1-6-15(16)12-23-18-9-10-22-13-20(18)25(27)28/h1-11,13,24H,12H2,(H,22,23). The molecule has 0 aliphatic heterocycles. The van der Waals surface area contributed by atoms with E-state index in [0.717, 1.165) is 16.5 Å². The van der Waals surface area contributed by atoms with Crippen molar-refractivity contribution in [2.75, 3.05) is 5.32 Å². The van der Waals surface area contributed by atoms with Gasteiger partial charge in [0.1, 0.15) is 11.9 Å². The first-order chi connectivity index (χ1) is 13.6. The molecule has 0 saturated heterocycles. The number of pyridine rings is 1. The maximum atomic E-state index is 13.0. The van der Waals surface area contributed by atoms with Crippen LogP contribution in [0.4, 0.5) is 11.4 Å². The van der Waals surface area contributed by atoms with E-state index in [2.05, 4.69) is 15.3 Å². The van der Waals surface area contributed by atoms with Crippen LogP contribution in [0.15, 0.2) is 73.1 Å². The second-order valence-electron chi connectivity index (χ2n) is 6.26. The van der Waals surface area contributed by atoms with Gasteiger partial charge in [0, 0.05) is 29.2 Å². The smallest absolute Gasteiger partial charge is 0.310 e. The molecule has 0 aliphatic carbocycles. The van der Waals surface area contributed by atoms with E-state index in [-0.39, 0.29) is 18.0 Å². The number of fused-ring (bicyclic) bond motifs is 1. The number of H-pyrrole nitrogens is 1. The van der Waals surface area contributed by atoms with E-state index >= 15 is 0 Å². The number of hydrogen-bond donors (Lipinski definition) is 2. The lowest BCUT2D eigenvalue weighted by atomic mass is 10.0. The number of nitrogens with one attached hydrogen (secondary N) is 2. The van der Waals surface area contributed by atoms with Crippen molar-refractivity contribution < 1.29 is 9.72 Å². The molecular formula is C21H16N4O3. The third-order valence-electron chi connectivity index (χ3n) is 4.50. The minimum absolute atomic E-state index is 0.109. The number of nitro groups is 1. The number of ketones is 1. The molecule has 138 valence electrons. The molecule has 0 spiro atoms. The second-order valence-corrected chi connectivity index (χ2v) is 6.26. The van der Waals surface area contributed by atoms with Gasteiger partial charge in [-0.05, 0) is 23.8 Å². The van der Waals surface area contributed by atoms with E-state index in [1.807, 2.05) is 42.5 Å². The molecule has 4 rings (SSSR count). The molecule has 0 fully saturated rings. The normalized spacial score (nSPS) is 10.7. The first-order valence-electron chi connectivity index (χ1n) is 8.66. The lowest BCUT2D eigenvalue weighted by molar-refractivity contribution is -0.384. The van der Waals surface area contributed by atoms with E-state index in [9.17, 15) is 14.9 Å². The summed E-state index contributed by atoms with van der Waals surface area (Å²) in [5.41, 5.74) is 2.93. The lowest BCUT2D eigenvalue weighted by Crippen LogP contribution is -2.10. The zero-order chi connectivity index (χ0) is 19.5. The van der Waals surface area contributed by atoms with Crippen molar-refractivity contribution in [3.8, 4) is 0 Å². The molecule has 2 aromatic heterocycles. The first-order valence-corrected chi connectivity index (χ1v) is 8.66. The van der Waals surface area contributed by atoms with Crippen LogP contribution in [-0.4, -0.2) is 20.7 Å². The van der Waals surface area contributed by atoms with Gasteiger partial charge in [0.05, 0.1) is 10.6 Å². The van der Waals surface area contributed by atoms with Crippen LogP contribution in [0.5, 0.6) is 0 Å². The Labute approximate surface area is 160 Å². The molecule has 7 heteroatoms. The number of aromatic nitrogens is 2. The van der Waals surface area contributed by atoms with Gasteiger partial charge < -0.3 is 10.3 Å². The van der Waals surface area contributed by atoms with Crippen LogP contribution in [0.2, 0.25) is 0 Å². The Morgan fingerprint density at radius 2 is 1.89 bits per heavy atom. The quantitative estimate of drug-likeness (QED) is 0.298. The summed E-state index contributed by atoms with van der Waals surface area (Å²) in [4.78, 5) is 30.6. The van der Waals surface area contributed by atoms with Crippen molar-refractivity contribution in [2.45, 2.75) is 6.54 Å². The molecule has 28 heavy (non-hydrogen) atoms. The predicted molar refractivity (Wildman–Crippen MR) is 106 cm³/mol. The molecule has 4 aromatic rings. The van der Waals surface area contributed by atoms with Crippen molar-refractivity contribution in [2.24, 2.45) is 0 Å². The van der Waals surface area contributed by atoms with Crippen LogP contribution in [0.25, 0.3) is 10.9 Å². The zero-order valence-electron chi connectivity index (χ0n) is 14.8. The Morgan fingerprint density at radius 3 is 2.71 bits per heavy atom. The van der Waals surface area contributed by atoms with E-state index in [0.29, 0.717) is 16.9 Å². The molecule has 0 aliphatic rings. The van der Waals surface area contributed by atoms with Crippen molar-refractivity contribution in [1.29, 1.82) is 0 Å². The number of nitrogens with zero attached hydrogens (tertiary/aromatic N) is 2. The predicted octanol–water partition coefficient (Wildman–Crippen LogP) is 4.31. The van der Waals surface area contributed by atoms with E-state index in [1.54, 1.807) is 18.2 Å². The molecule has 2 N–H and O–H groups in total. The third-order valence-corrected chi connectivity index (χ3v) is 4.50. The Balaban J connectivity index is 1.62. The van der Waals surface area contributed by atoms with Crippen molar-refractivity contribution in [3.05, 3.63) is 100.0 Å². The monoisotopic (exact) mass is 372 g/mol. The average molecular weight is 372 g/mol. The molecule has 0 amide bonds. The molecule has 7 nitrogen and oxygen atoms in total. The van der Waals surface area contributed by atoms with Gasteiger partial charge in [0.25, 0.3) is 0 Å². The summed E-state index contributed by atoms with van der Waals surface area (Å²) in [6, 6.07) is 18.3. The fraction of sp³-hybridized carbons (Fsp3) is 0.0476. The van der Waals surface area contributed by atoms with Crippen molar-refractivity contribution >= 4 is 28.1 Å². The van der Waals surface area contributed by atoms with Gasteiger partial charge in [0.2, 0.25) is 5.78 Å². The van der Waals surface area contributed by atoms with Gasteiger partial charge in [-0.3, -0.25) is 19.9 Å². The second kappa shape index (κ2) is 7.32. The SMILES string of the molecule is O=C(c1cc2ccccc2[nH]1)c1ccccc1CNc1ccncc1[N+](=O)[O-]. The van der Waals surface area contributed by atoms with Crippen LogP contribution in [0, 0.1) is 10.1 Å². The van der Waals surface area contributed by atoms with Crippen LogP contribution in [0.3, 0.4) is 0 Å². The van der Waals surface area contributed by atoms with Gasteiger partial charge in [-0.1, -0.05) is 42.5 Å². The number of rotatable bonds is 6. The number of para-hydroxylation sites is 1. The number of benzene rings is 2. The van der Waals surface area contributed by atoms with E-state index in [4.69, 9.17) is 0 Å². The fourth-order valence-corrected chi connectivity index (χ4v) is 3.11. The number of carbonyl (C=O) groups is 1. The summed E-state index contributed by atoms with van der Waals surface area (Å²) in [6.45, 7) is 0.271. The van der Waals surface area contributed by atoms with Gasteiger partial charge in [0.15, 0.2) is 0 Å². The van der Waals surface area contributed by atoms with Crippen LogP contribution < -0.4 is 5.32 Å². The zero-order valence-corrected chi connectivity index (χ0v) is 14.8. The molecule has 2 aromatic carbocycles. The van der Waals surface area contributed by atoms with Crippen LogP contribution in [0.1, 0.15) is 21.6 Å². The van der Waals surface area contributed by atoms with Gasteiger partial charge >= 0.3 is 5.69 Å². The van der Waals surface area contributed by atoms with Crippen LogP contribution in [-0.2, 0) is 6.54 Å². The highest BCUT2D eigenvalue weighted by atomic mass is 16.6. The summed E-state index contributed by atoms with van der Waals surface area (Å²) < 4.78 is 0. The maximum absolute atomic E-state index is 13.0. The molecule has 0 atom stereocenters. The lowest BCUT2D eigenvalue weighted by Gasteiger charge is -2.10. The summed E-state index contributed by atoms with van der Waals surface area (Å²) in [7, 11) is 0. The maximum Gasteiger partial charge on any atom is 0.310 e. The molecule has 0 saturated carbocycles. The highest BCUT2D eigenvalue weighted by Gasteiger charge is 2.17. The highest BCUT2D eigenvalue weighted by molar-refractivity contribution is 6.11. The first kappa shape index (κ1) is 17.4. The number of carbonyl (C=O) groups excluding carboxylic acids is 1. The Morgan fingerprint density at radius 1 is 1.11 bits per heavy atom. The Kier molecular flexibility index (Phi) is 4.55. The summed E-state index contributed by atoms with van der Waals surface area (Å²) in [5.74, 6) is -0.127. The van der Waals surface area contributed by atoms with Gasteiger partial charge in [-0.2, -0.15) is 0 Å². The molecule has 0 unspecified atom stereocenters. The summed E-state index contributed by atoms with van der Waals surface area (Å²) in [6.07, 6.45) is 2.68. The van der Waals surface area contributed by atoms with E-state index < -0.39 is 4.92 Å². The Hall–Kier alpha value is -4.00. The Bertz CT molecular complexity index is 1150. The van der Waals surface area contributed by atoms with Crippen LogP contribution >= 0.6 is 0 Å². The topological polar surface area (TPSA) is 101 Å². The van der Waals surface area contributed by atoms with Gasteiger partial charge in [-0.25, -0.2) is 0 Å². The number of hydrogen-bond acceptors (Lipinski definition) is 5. The fourth-order valence-electron chi connectivity index (χ4n) is 3.11. The molecule has 2 heterocycles. The molecular weight excluding hydrogens is 356 g/mol. The third kappa shape index (κ3) is 3.33. The van der Waals surface area contributed by atoms with Gasteiger partial charge in [-0.15, -0.1) is 0 Å². The van der Waals surface area contributed by atoms with Crippen molar-refractivity contribution in [3.63, 3.8) is 0 Å². The molecule has 0 bridgehead atoms.